The maximum Gasteiger partial charge on any atom is 0.416 e. The fraction of sp³-hybridized carbons (Fsp3) is 0.357. The molecule has 1 aromatic heterocycles. The Morgan fingerprint density at radius 1 is 1.25 bits per heavy atom. The van der Waals surface area contributed by atoms with Crippen LogP contribution in [-0.2, 0) is 19.6 Å². The first kappa shape index (κ1) is 14.6. The molecule has 1 aromatic carbocycles. The Labute approximate surface area is 114 Å². The van der Waals surface area contributed by atoms with Crippen LogP contribution in [0.5, 0.6) is 0 Å². The van der Waals surface area contributed by atoms with Crippen molar-refractivity contribution in [3.8, 4) is 0 Å². The number of alkyl halides is 3. The number of hydrogen-bond donors (Lipinski definition) is 1. The molecular weight excluding hydrogens is 269 g/mol. The number of aryl methyl sites for hydroxylation is 2. The number of halogens is 3. The van der Waals surface area contributed by atoms with Crippen LogP contribution in [0.15, 0.2) is 30.5 Å². The highest BCUT2D eigenvalue weighted by molar-refractivity contribution is 5.38. The number of aliphatic hydroxyl groups excluding tert-OH is 1. The van der Waals surface area contributed by atoms with Crippen molar-refractivity contribution in [1.29, 1.82) is 0 Å². The van der Waals surface area contributed by atoms with E-state index in [9.17, 15) is 18.3 Å². The molecule has 6 heteroatoms. The molecule has 2 aromatic rings. The van der Waals surface area contributed by atoms with Gasteiger partial charge in [-0.15, -0.1) is 0 Å². The average Bonchev–Trinajstić information content (AvgIpc) is 2.78. The molecule has 0 fully saturated rings. The molecule has 1 heterocycles. The van der Waals surface area contributed by atoms with Crippen LogP contribution < -0.4 is 0 Å². The normalized spacial score (nSPS) is 13.5. The quantitative estimate of drug-likeness (QED) is 0.940. The maximum atomic E-state index is 13.0. The van der Waals surface area contributed by atoms with Crippen molar-refractivity contribution in [3.05, 3.63) is 52.8 Å². The van der Waals surface area contributed by atoms with E-state index in [-0.39, 0.29) is 5.56 Å². The first-order chi connectivity index (χ1) is 9.34. The van der Waals surface area contributed by atoms with Crippen LogP contribution in [0.4, 0.5) is 13.2 Å². The predicted octanol–water partition coefficient (Wildman–Crippen LogP) is 3.08. The zero-order chi connectivity index (χ0) is 14.9. The van der Waals surface area contributed by atoms with E-state index in [1.807, 2.05) is 6.92 Å². The third-order valence-corrected chi connectivity index (χ3v) is 3.13. The zero-order valence-corrected chi connectivity index (χ0v) is 11.1. The Balaban J connectivity index is 2.51. The lowest BCUT2D eigenvalue weighted by Crippen LogP contribution is -2.13. The molecule has 1 N–H and O–H groups in total. The van der Waals surface area contributed by atoms with Gasteiger partial charge in [0.2, 0.25) is 0 Å². The number of hydrogen-bond acceptors (Lipinski definition) is 2. The minimum absolute atomic E-state index is 0.150. The molecule has 108 valence electrons. The summed E-state index contributed by atoms with van der Waals surface area (Å²) in [5.74, 6) is 0. The molecule has 20 heavy (non-hydrogen) atoms. The van der Waals surface area contributed by atoms with Gasteiger partial charge in [0, 0.05) is 18.8 Å². The van der Waals surface area contributed by atoms with Crippen LogP contribution in [0.25, 0.3) is 0 Å². The molecule has 0 aliphatic heterocycles. The summed E-state index contributed by atoms with van der Waals surface area (Å²) in [6.07, 6.45) is -3.74. The number of nitrogens with zero attached hydrogens (tertiary/aromatic N) is 2. The molecule has 0 aliphatic carbocycles. The van der Waals surface area contributed by atoms with Crippen molar-refractivity contribution in [2.24, 2.45) is 7.05 Å². The highest BCUT2D eigenvalue weighted by atomic mass is 19.4. The van der Waals surface area contributed by atoms with Gasteiger partial charge in [0.05, 0.1) is 11.3 Å². The lowest BCUT2D eigenvalue weighted by molar-refractivity contribution is -0.139. The molecule has 0 saturated carbocycles. The summed E-state index contributed by atoms with van der Waals surface area (Å²) >= 11 is 0. The van der Waals surface area contributed by atoms with Crippen LogP contribution in [0, 0.1) is 0 Å². The van der Waals surface area contributed by atoms with Crippen molar-refractivity contribution in [3.63, 3.8) is 0 Å². The minimum atomic E-state index is -4.49. The first-order valence-corrected chi connectivity index (χ1v) is 6.21. The Morgan fingerprint density at radius 2 is 1.90 bits per heavy atom. The van der Waals surface area contributed by atoms with Crippen molar-refractivity contribution in [2.45, 2.75) is 25.6 Å². The van der Waals surface area contributed by atoms with Gasteiger partial charge in [-0.2, -0.15) is 18.3 Å². The van der Waals surface area contributed by atoms with Gasteiger partial charge in [0.1, 0.15) is 6.10 Å². The van der Waals surface area contributed by atoms with Gasteiger partial charge in [-0.05, 0) is 18.1 Å². The van der Waals surface area contributed by atoms with E-state index < -0.39 is 17.8 Å². The van der Waals surface area contributed by atoms with Gasteiger partial charge in [-0.3, -0.25) is 4.68 Å². The molecule has 0 radical (unpaired) electrons. The second-order valence-corrected chi connectivity index (χ2v) is 4.55. The van der Waals surface area contributed by atoms with Crippen LogP contribution in [0.1, 0.15) is 35.4 Å². The Kier molecular flexibility index (Phi) is 3.85. The predicted molar refractivity (Wildman–Crippen MR) is 68.1 cm³/mol. The van der Waals surface area contributed by atoms with Crippen molar-refractivity contribution in [1.82, 2.24) is 9.78 Å². The lowest BCUT2D eigenvalue weighted by atomic mass is 9.96. The smallest absolute Gasteiger partial charge is 0.384 e. The number of aliphatic hydroxyl groups is 1. The second kappa shape index (κ2) is 5.28. The van der Waals surface area contributed by atoms with E-state index in [0.29, 0.717) is 17.7 Å². The van der Waals surface area contributed by atoms with Crippen LogP contribution in [0.3, 0.4) is 0 Å². The van der Waals surface area contributed by atoms with Gasteiger partial charge in [0.25, 0.3) is 0 Å². The van der Waals surface area contributed by atoms with E-state index in [1.54, 1.807) is 13.2 Å². The van der Waals surface area contributed by atoms with E-state index >= 15 is 0 Å². The topological polar surface area (TPSA) is 38.0 Å². The number of aromatic nitrogens is 2. The SMILES string of the molecule is CCc1nn(C)cc1C(O)c1ccccc1C(F)(F)F. The summed E-state index contributed by atoms with van der Waals surface area (Å²) in [6.45, 7) is 1.84. The van der Waals surface area contributed by atoms with Crippen LogP contribution >= 0.6 is 0 Å². The molecule has 0 saturated heterocycles. The largest absolute Gasteiger partial charge is 0.416 e. The average molecular weight is 284 g/mol. The summed E-state index contributed by atoms with van der Waals surface area (Å²) in [5, 5.41) is 14.5. The first-order valence-electron chi connectivity index (χ1n) is 6.21. The van der Waals surface area contributed by atoms with Crippen molar-refractivity contribution < 1.29 is 18.3 Å². The molecule has 1 unspecified atom stereocenters. The van der Waals surface area contributed by atoms with Gasteiger partial charge < -0.3 is 5.11 Å². The number of benzene rings is 1. The molecule has 0 amide bonds. The Hall–Kier alpha value is -1.82. The van der Waals surface area contributed by atoms with Gasteiger partial charge in [-0.25, -0.2) is 0 Å². The van der Waals surface area contributed by atoms with Crippen molar-refractivity contribution >= 4 is 0 Å². The van der Waals surface area contributed by atoms with Gasteiger partial charge >= 0.3 is 6.18 Å². The monoisotopic (exact) mass is 284 g/mol. The maximum absolute atomic E-state index is 13.0. The summed E-state index contributed by atoms with van der Waals surface area (Å²) in [5.41, 5.74) is 0.0322. The number of rotatable bonds is 3. The molecule has 3 nitrogen and oxygen atoms in total. The third-order valence-electron chi connectivity index (χ3n) is 3.13. The summed E-state index contributed by atoms with van der Waals surface area (Å²) in [7, 11) is 1.67. The second-order valence-electron chi connectivity index (χ2n) is 4.55. The standard InChI is InChI=1S/C14H15F3N2O/c1-3-12-10(8-19(2)18-12)13(20)9-6-4-5-7-11(9)14(15,16)17/h4-8,13,20H,3H2,1-2H3. The van der Waals surface area contributed by atoms with Crippen LogP contribution in [0.2, 0.25) is 0 Å². The molecule has 2 rings (SSSR count). The molecule has 0 spiro atoms. The molecule has 0 aliphatic rings. The fourth-order valence-corrected chi connectivity index (χ4v) is 2.22. The van der Waals surface area contributed by atoms with E-state index in [2.05, 4.69) is 5.10 Å². The molecule has 1 atom stereocenters. The fourth-order valence-electron chi connectivity index (χ4n) is 2.22. The lowest BCUT2D eigenvalue weighted by Gasteiger charge is -2.17. The van der Waals surface area contributed by atoms with E-state index in [4.69, 9.17) is 0 Å². The highest BCUT2D eigenvalue weighted by Crippen LogP contribution is 2.36. The van der Waals surface area contributed by atoms with Crippen molar-refractivity contribution in [2.75, 3.05) is 0 Å². The summed E-state index contributed by atoms with van der Waals surface area (Å²) < 4.78 is 40.4. The Morgan fingerprint density at radius 3 is 2.50 bits per heavy atom. The summed E-state index contributed by atoms with van der Waals surface area (Å²) in [4.78, 5) is 0. The highest BCUT2D eigenvalue weighted by Gasteiger charge is 2.35. The summed E-state index contributed by atoms with van der Waals surface area (Å²) in [6, 6.07) is 5.05. The van der Waals surface area contributed by atoms with Crippen LogP contribution in [-0.4, -0.2) is 14.9 Å². The molecular formula is C14H15F3N2O. The van der Waals surface area contributed by atoms with E-state index in [0.717, 1.165) is 6.07 Å². The van der Waals surface area contributed by atoms with Gasteiger partial charge in [0.15, 0.2) is 0 Å². The van der Waals surface area contributed by atoms with E-state index in [1.165, 1.54) is 22.9 Å². The minimum Gasteiger partial charge on any atom is -0.384 e. The zero-order valence-electron chi connectivity index (χ0n) is 11.1. The third kappa shape index (κ3) is 2.70. The molecule has 0 bridgehead atoms. The van der Waals surface area contributed by atoms with Gasteiger partial charge in [-0.1, -0.05) is 25.1 Å². The Bertz CT molecular complexity index is 605.